The molecule has 0 bridgehead atoms. The maximum atomic E-state index is 13.0. The van der Waals surface area contributed by atoms with Crippen LogP contribution in [0.2, 0.25) is 0 Å². The van der Waals surface area contributed by atoms with E-state index < -0.39 is 0 Å². The van der Waals surface area contributed by atoms with E-state index in [2.05, 4.69) is 33.5 Å². The Hall–Kier alpha value is -3.04. The van der Waals surface area contributed by atoms with E-state index in [9.17, 15) is 9.90 Å². The number of anilines is 1. The van der Waals surface area contributed by atoms with Gasteiger partial charge in [-0.15, -0.1) is 0 Å². The number of rotatable bonds is 3. The molecule has 9 heteroatoms. The normalized spacial score (nSPS) is 20.3. The number of ether oxygens (including phenoxy) is 1. The van der Waals surface area contributed by atoms with E-state index >= 15 is 0 Å². The fourth-order valence-corrected chi connectivity index (χ4v) is 5.66. The third kappa shape index (κ3) is 3.46. The lowest BCUT2D eigenvalue weighted by molar-refractivity contribution is 0.0737. The Morgan fingerprint density at radius 3 is 2.76 bits per heavy atom. The van der Waals surface area contributed by atoms with Crippen molar-refractivity contribution in [2.24, 2.45) is 0 Å². The molecule has 1 atom stereocenters. The third-order valence-electron chi connectivity index (χ3n) is 7.43. The van der Waals surface area contributed by atoms with Crippen molar-refractivity contribution in [3.63, 3.8) is 0 Å². The molecule has 176 valence electrons. The van der Waals surface area contributed by atoms with Crippen molar-refractivity contribution in [3.05, 3.63) is 40.9 Å². The predicted octanol–water partition coefficient (Wildman–Crippen LogP) is 3.33. The van der Waals surface area contributed by atoms with Gasteiger partial charge in [-0.3, -0.25) is 4.90 Å². The van der Waals surface area contributed by atoms with Crippen LogP contribution in [0.4, 0.5) is 10.5 Å². The van der Waals surface area contributed by atoms with Crippen LogP contribution in [0.25, 0.3) is 10.9 Å². The van der Waals surface area contributed by atoms with Gasteiger partial charge >= 0.3 is 6.03 Å². The maximum Gasteiger partial charge on any atom is 0.321 e. The first-order valence-electron chi connectivity index (χ1n) is 11.4. The summed E-state index contributed by atoms with van der Waals surface area (Å²) in [5.41, 5.74) is 4.60. The van der Waals surface area contributed by atoms with E-state index in [4.69, 9.17) is 9.26 Å². The van der Waals surface area contributed by atoms with Crippen molar-refractivity contribution >= 4 is 22.6 Å². The molecular formula is C24H31N5O4. The summed E-state index contributed by atoms with van der Waals surface area (Å²) in [7, 11) is 3.73. The number of aromatic nitrogens is 2. The number of methoxy groups -OCH3 is 1. The zero-order valence-electron chi connectivity index (χ0n) is 19.6. The number of nitrogens with zero attached hydrogens (tertiary/aromatic N) is 3. The zero-order valence-corrected chi connectivity index (χ0v) is 19.6. The molecule has 0 radical (unpaired) electrons. The van der Waals surface area contributed by atoms with Crippen LogP contribution in [0.1, 0.15) is 41.6 Å². The molecule has 3 aromatic rings. The number of carbonyl (C=O) groups is 1. The third-order valence-corrected chi connectivity index (χ3v) is 7.43. The summed E-state index contributed by atoms with van der Waals surface area (Å²) < 4.78 is 10.6. The van der Waals surface area contributed by atoms with Gasteiger partial charge in [-0.2, -0.15) is 0 Å². The molecule has 2 aliphatic rings. The van der Waals surface area contributed by atoms with E-state index in [-0.39, 0.29) is 24.1 Å². The number of hydrogen-bond donors (Lipinski definition) is 3. The largest absolute Gasteiger partial charge is 0.497 e. The van der Waals surface area contributed by atoms with Gasteiger partial charge in [0.1, 0.15) is 17.1 Å². The number of likely N-dealkylation sites (tertiary alicyclic amines) is 1. The van der Waals surface area contributed by atoms with Gasteiger partial charge in [0.2, 0.25) is 0 Å². The van der Waals surface area contributed by atoms with Crippen molar-refractivity contribution in [1.29, 1.82) is 0 Å². The lowest BCUT2D eigenvalue weighted by Gasteiger charge is -2.49. The quantitative estimate of drug-likeness (QED) is 0.562. The van der Waals surface area contributed by atoms with E-state index in [1.165, 1.54) is 10.9 Å². The average Bonchev–Trinajstić information content (AvgIpc) is 3.34. The zero-order chi connectivity index (χ0) is 23.3. The number of carbonyl (C=O) groups excluding carboxylic acids is 1. The number of nitrogens with one attached hydrogen (secondary N) is 2. The number of benzene rings is 1. The van der Waals surface area contributed by atoms with Crippen molar-refractivity contribution in [3.8, 4) is 5.75 Å². The highest BCUT2D eigenvalue weighted by atomic mass is 16.5. The number of aliphatic hydroxyl groups excluding tert-OH is 1. The van der Waals surface area contributed by atoms with Gasteiger partial charge < -0.3 is 29.6 Å². The molecular weight excluding hydrogens is 422 g/mol. The molecule has 0 saturated carbocycles. The number of aromatic amines is 1. The van der Waals surface area contributed by atoms with Gasteiger partial charge in [0, 0.05) is 47.7 Å². The molecule has 2 aromatic heterocycles. The highest BCUT2D eigenvalue weighted by Crippen LogP contribution is 2.48. The first-order valence-corrected chi connectivity index (χ1v) is 11.4. The number of H-pyrrole nitrogens is 1. The van der Waals surface area contributed by atoms with Crippen LogP contribution in [0.5, 0.6) is 5.75 Å². The van der Waals surface area contributed by atoms with Crippen LogP contribution in [0, 0.1) is 13.8 Å². The Bertz CT molecular complexity index is 1170. The second-order valence-corrected chi connectivity index (χ2v) is 9.34. The summed E-state index contributed by atoms with van der Waals surface area (Å²) in [6, 6.07) is 5.91. The highest BCUT2D eigenvalue weighted by molar-refractivity contribution is 5.91. The number of aliphatic hydroxyl groups is 1. The SMILES string of the molecule is COc1ccc2c3c([nH]c2c1)[C@@H](CO)N(C)CC31CCN(C(=O)Nc2c(C)noc2C)CC1. The van der Waals surface area contributed by atoms with Crippen molar-refractivity contribution in [2.75, 3.05) is 45.7 Å². The van der Waals surface area contributed by atoms with E-state index in [0.717, 1.165) is 36.3 Å². The first kappa shape index (κ1) is 21.8. The Kier molecular flexibility index (Phi) is 5.33. The molecule has 1 saturated heterocycles. The molecule has 9 nitrogen and oxygen atoms in total. The first-order chi connectivity index (χ1) is 15.9. The molecule has 0 aliphatic carbocycles. The average molecular weight is 454 g/mol. The number of hydrogen-bond acceptors (Lipinski definition) is 6. The molecule has 0 unspecified atom stereocenters. The van der Waals surface area contributed by atoms with Gasteiger partial charge in [0.15, 0.2) is 5.76 Å². The van der Waals surface area contributed by atoms with Crippen LogP contribution in [-0.2, 0) is 5.41 Å². The summed E-state index contributed by atoms with van der Waals surface area (Å²) in [5.74, 6) is 1.41. The molecule has 4 heterocycles. The second kappa shape index (κ2) is 8.07. The molecule has 3 N–H and O–H groups in total. The van der Waals surface area contributed by atoms with Crippen molar-refractivity contribution < 1.29 is 19.2 Å². The minimum Gasteiger partial charge on any atom is -0.497 e. The molecule has 1 fully saturated rings. The molecule has 33 heavy (non-hydrogen) atoms. The number of urea groups is 1. The predicted molar refractivity (Wildman–Crippen MR) is 125 cm³/mol. The lowest BCUT2D eigenvalue weighted by Crippen LogP contribution is -2.54. The van der Waals surface area contributed by atoms with E-state index in [1.807, 2.05) is 24.0 Å². The van der Waals surface area contributed by atoms with Gasteiger partial charge in [0.25, 0.3) is 0 Å². The lowest BCUT2D eigenvalue weighted by atomic mass is 9.68. The van der Waals surface area contributed by atoms with Crippen molar-refractivity contribution in [2.45, 2.75) is 38.1 Å². The minimum atomic E-state index is -0.125. The summed E-state index contributed by atoms with van der Waals surface area (Å²) in [6.07, 6.45) is 1.69. The highest BCUT2D eigenvalue weighted by Gasteiger charge is 2.46. The number of amides is 2. The standard InChI is InChI=1S/C24H31N5O4/c1-14-21(15(2)33-27-14)26-23(31)29-9-7-24(8-10-29)13-28(3)19(12-30)22-20(24)17-6-5-16(32-4)11-18(17)25-22/h5-6,11,19,25,30H,7-10,12-13H2,1-4H3,(H,26,31)/t19-/m1/s1. The Labute approximate surface area is 192 Å². The van der Waals surface area contributed by atoms with Gasteiger partial charge in [-0.05, 0) is 51.4 Å². The summed E-state index contributed by atoms with van der Waals surface area (Å²) in [4.78, 5) is 20.6. The van der Waals surface area contributed by atoms with E-state index in [1.54, 1.807) is 14.0 Å². The molecule has 2 amide bonds. The van der Waals surface area contributed by atoms with E-state index in [0.29, 0.717) is 30.2 Å². The van der Waals surface area contributed by atoms with Gasteiger partial charge in [0.05, 0.1) is 19.8 Å². The maximum absolute atomic E-state index is 13.0. The monoisotopic (exact) mass is 453 g/mol. The second-order valence-electron chi connectivity index (χ2n) is 9.34. The number of piperidine rings is 1. The van der Waals surface area contributed by atoms with Crippen LogP contribution < -0.4 is 10.1 Å². The summed E-state index contributed by atoms with van der Waals surface area (Å²) in [5, 5.41) is 18.2. The fourth-order valence-electron chi connectivity index (χ4n) is 5.66. The summed E-state index contributed by atoms with van der Waals surface area (Å²) >= 11 is 0. The fraction of sp³-hybridized carbons (Fsp3) is 0.500. The van der Waals surface area contributed by atoms with Gasteiger partial charge in [-0.1, -0.05) is 5.16 Å². The number of aryl methyl sites for hydroxylation is 2. The number of likely N-dealkylation sites (N-methyl/N-ethyl adjacent to an activating group) is 1. The molecule has 1 spiro atoms. The Morgan fingerprint density at radius 2 is 2.12 bits per heavy atom. The van der Waals surface area contributed by atoms with Crippen molar-refractivity contribution in [1.82, 2.24) is 19.9 Å². The smallest absolute Gasteiger partial charge is 0.321 e. The molecule has 1 aromatic carbocycles. The molecule has 5 rings (SSSR count). The number of fused-ring (bicyclic) bond motifs is 4. The van der Waals surface area contributed by atoms with Crippen LogP contribution in [0.3, 0.4) is 0 Å². The minimum absolute atomic E-state index is 0.0511. The van der Waals surface area contributed by atoms with Gasteiger partial charge in [-0.25, -0.2) is 4.79 Å². The summed E-state index contributed by atoms with van der Waals surface area (Å²) in [6.45, 7) is 5.80. The Balaban J connectivity index is 1.44. The van der Waals surface area contributed by atoms with Crippen LogP contribution >= 0.6 is 0 Å². The van der Waals surface area contributed by atoms with Crippen LogP contribution in [-0.4, -0.2) is 71.5 Å². The van der Waals surface area contributed by atoms with Crippen LogP contribution in [0.15, 0.2) is 22.7 Å². The Morgan fingerprint density at radius 1 is 1.36 bits per heavy atom. The molecule has 2 aliphatic heterocycles. The topological polar surface area (TPSA) is 107 Å².